The number of benzene rings is 1. The van der Waals surface area contributed by atoms with E-state index in [2.05, 4.69) is 0 Å². The second kappa shape index (κ2) is 8.17. The van der Waals surface area contributed by atoms with Crippen LogP contribution in [-0.2, 0) is 14.6 Å². The van der Waals surface area contributed by atoms with Crippen LogP contribution in [0.4, 0.5) is 0 Å². The van der Waals surface area contributed by atoms with Crippen molar-refractivity contribution in [3.05, 3.63) is 24.3 Å². The third-order valence-electron chi connectivity index (χ3n) is 3.55. The molecule has 124 valence electrons. The first-order valence-electron chi connectivity index (χ1n) is 7.43. The maximum absolute atomic E-state index is 11.9. The van der Waals surface area contributed by atoms with Crippen LogP contribution >= 0.6 is 0 Å². The van der Waals surface area contributed by atoms with E-state index in [9.17, 15) is 13.2 Å². The highest BCUT2D eigenvalue weighted by molar-refractivity contribution is 7.90. The second-order valence-electron chi connectivity index (χ2n) is 5.52. The van der Waals surface area contributed by atoms with Crippen LogP contribution in [0.3, 0.4) is 0 Å². The van der Waals surface area contributed by atoms with Crippen molar-refractivity contribution in [3.63, 3.8) is 0 Å². The van der Waals surface area contributed by atoms with Gasteiger partial charge in [0.15, 0.2) is 9.84 Å². The van der Waals surface area contributed by atoms with Crippen LogP contribution in [0.5, 0.6) is 5.75 Å². The Labute approximate surface area is 133 Å². The zero-order chi connectivity index (χ0) is 16.8. The predicted molar refractivity (Wildman–Crippen MR) is 86.8 cm³/mol. The summed E-state index contributed by atoms with van der Waals surface area (Å²) in [5, 5.41) is 0. The number of amides is 1. The molecule has 0 aromatic heterocycles. The molecule has 1 aromatic carbocycles. The lowest BCUT2D eigenvalue weighted by atomic mass is 10.1. The molecule has 0 aliphatic carbocycles. The Bertz CT molecular complexity index is 598. The van der Waals surface area contributed by atoms with Gasteiger partial charge in [-0.2, -0.15) is 0 Å². The van der Waals surface area contributed by atoms with E-state index in [1.165, 1.54) is 12.3 Å². The van der Waals surface area contributed by atoms with Gasteiger partial charge in [0, 0.05) is 25.8 Å². The van der Waals surface area contributed by atoms with E-state index in [4.69, 9.17) is 4.74 Å². The van der Waals surface area contributed by atoms with Gasteiger partial charge in [-0.3, -0.25) is 4.79 Å². The van der Waals surface area contributed by atoms with E-state index < -0.39 is 9.84 Å². The molecule has 0 radical (unpaired) electrons. The largest absolute Gasteiger partial charge is 0.493 e. The summed E-state index contributed by atoms with van der Waals surface area (Å²) in [7, 11) is -1.44. The lowest BCUT2D eigenvalue weighted by Crippen LogP contribution is -2.32. The Morgan fingerprint density at radius 2 is 2.05 bits per heavy atom. The number of sulfone groups is 1. The number of ether oxygens (including phenoxy) is 1. The van der Waals surface area contributed by atoms with Crippen LogP contribution in [0.2, 0.25) is 0 Å². The summed E-state index contributed by atoms with van der Waals surface area (Å²) < 4.78 is 28.5. The maximum atomic E-state index is 11.9. The maximum Gasteiger partial charge on any atom is 0.225 e. The fraction of sp³-hybridized carbons (Fsp3) is 0.562. The van der Waals surface area contributed by atoms with Gasteiger partial charge < -0.3 is 9.64 Å². The number of nitrogens with zero attached hydrogens (tertiary/aromatic N) is 1. The highest BCUT2D eigenvalue weighted by Gasteiger charge is 2.15. The number of hydrogen-bond acceptors (Lipinski definition) is 4. The van der Waals surface area contributed by atoms with Crippen molar-refractivity contribution in [2.24, 2.45) is 5.92 Å². The van der Waals surface area contributed by atoms with Gasteiger partial charge in [0.2, 0.25) is 5.91 Å². The average molecular weight is 327 g/mol. The molecule has 0 aliphatic heterocycles. The lowest BCUT2D eigenvalue weighted by Gasteiger charge is -2.20. The van der Waals surface area contributed by atoms with Crippen molar-refractivity contribution >= 4 is 15.7 Å². The number of carbonyl (C=O) groups excluding carboxylic acids is 1. The monoisotopic (exact) mass is 327 g/mol. The molecule has 0 aliphatic rings. The fourth-order valence-corrected chi connectivity index (χ4v) is 2.60. The van der Waals surface area contributed by atoms with Crippen LogP contribution < -0.4 is 4.74 Å². The molecule has 0 saturated heterocycles. The molecule has 22 heavy (non-hydrogen) atoms. The first kappa shape index (κ1) is 18.5. The van der Waals surface area contributed by atoms with Crippen LogP contribution in [-0.4, -0.2) is 45.7 Å². The normalized spacial score (nSPS) is 12.7. The third-order valence-corrected chi connectivity index (χ3v) is 4.66. The standard InChI is InChI=1S/C16H25NO4S/c1-5-13(2)16(18)17(3)10-7-11-21-14-8-6-9-15(12-14)22(4,19)20/h6,8-9,12-13H,5,7,10-11H2,1-4H3. The Morgan fingerprint density at radius 3 is 2.64 bits per heavy atom. The van der Waals surface area contributed by atoms with Crippen LogP contribution in [0.25, 0.3) is 0 Å². The van der Waals surface area contributed by atoms with Crippen LogP contribution in [0, 0.1) is 5.92 Å². The minimum Gasteiger partial charge on any atom is -0.493 e. The highest BCUT2D eigenvalue weighted by Crippen LogP contribution is 2.17. The Balaban J connectivity index is 2.44. The SMILES string of the molecule is CCC(C)C(=O)N(C)CCCOc1cccc(S(C)(=O)=O)c1. The summed E-state index contributed by atoms with van der Waals surface area (Å²) >= 11 is 0. The van der Waals surface area contributed by atoms with Gasteiger partial charge in [0.1, 0.15) is 5.75 Å². The summed E-state index contributed by atoms with van der Waals surface area (Å²) in [4.78, 5) is 13.9. The molecular weight excluding hydrogens is 302 g/mol. The topological polar surface area (TPSA) is 63.7 Å². The van der Waals surface area contributed by atoms with E-state index in [0.717, 1.165) is 6.42 Å². The van der Waals surface area contributed by atoms with E-state index in [-0.39, 0.29) is 16.7 Å². The van der Waals surface area contributed by atoms with Crippen molar-refractivity contribution in [3.8, 4) is 5.75 Å². The summed E-state index contributed by atoms with van der Waals surface area (Å²) in [5.41, 5.74) is 0. The molecule has 0 fully saturated rings. The first-order chi connectivity index (χ1) is 10.3. The molecule has 0 saturated carbocycles. The molecule has 1 amide bonds. The molecule has 0 spiro atoms. The fourth-order valence-electron chi connectivity index (χ4n) is 1.95. The van der Waals surface area contributed by atoms with Gasteiger partial charge in [-0.25, -0.2) is 8.42 Å². The van der Waals surface area contributed by atoms with Crippen LogP contribution in [0.1, 0.15) is 26.7 Å². The summed E-state index contributed by atoms with van der Waals surface area (Å²) in [6, 6.07) is 6.44. The van der Waals surface area contributed by atoms with Gasteiger partial charge in [0.05, 0.1) is 11.5 Å². The van der Waals surface area contributed by atoms with Crippen molar-refractivity contribution < 1.29 is 17.9 Å². The van der Waals surface area contributed by atoms with Crippen molar-refractivity contribution in [1.82, 2.24) is 4.90 Å². The van der Waals surface area contributed by atoms with E-state index in [0.29, 0.717) is 25.3 Å². The number of rotatable bonds is 8. The van der Waals surface area contributed by atoms with E-state index in [1.807, 2.05) is 13.8 Å². The quantitative estimate of drug-likeness (QED) is 0.688. The van der Waals surface area contributed by atoms with E-state index in [1.54, 1.807) is 30.1 Å². The molecule has 0 bridgehead atoms. The lowest BCUT2D eigenvalue weighted by molar-refractivity contribution is -0.133. The average Bonchev–Trinajstić information content (AvgIpc) is 2.49. The molecule has 0 N–H and O–H groups in total. The summed E-state index contributed by atoms with van der Waals surface area (Å²) in [6.07, 6.45) is 2.70. The summed E-state index contributed by atoms with van der Waals surface area (Å²) in [6.45, 7) is 4.97. The van der Waals surface area contributed by atoms with Gasteiger partial charge in [-0.15, -0.1) is 0 Å². The Hall–Kier alpha value is -1.56. The zero-order valence-corrected chi connectivity index (χ0v) is 14.5. The molecule has 1 rings (SSSR count). The van der Waals surface area contributed by atoms with E-state index >= 15 is 0 Å². The molecule has 1 unspecified atom stereocenters. The Morgan fingerprint density at radius 1 is 1.36 bits per heavy atom. The summed E-state index contributed by atoms with van der Waals surface area (Å²) in [5.74, 6) is 0.706. The predicted octanol–water partition coefficient (Wildman–Crippen LogP) is 2.36. The number of carbonyl (C=O) groups is 1. The third kappa shape index (κ3) is 5.67. The highest BCUT2D eigenvalue weighted by atomic mass is 32.2. The Kier molecular flexibility index (Phi) is 6.87. The van der Waals surface area contributed by atoms with Gasteiger partial charge >= 0.3 is 0 Å². The van der Waals surface area contributed by atoms with Crippen molar-refractivity contribution in [1.29, 1.82) is 0 Å². The first-order valence-corrected chi connectivity index (χ1v) is 9.32. The van der Waals surface area contributed by atoms with Gasteiger partial charge in [0.25, 0.3) is 0 Å². The minimum absolute atomic E-state index is 0.0392. The molecule has 0 heterocycles. The minimum atomic E-state index is -3.23. The molecule has 1 aromatic rings. The second-order valence-corrected chi connectivity index (χ2v) is 7.53. The molecule has 1 atom stereocenters. The number of hydrogen-bond donors (Lipinski definition) is 0. The van der Waals surface area contributed by atoms with Crippen LogP contribution in [0.15, 0.2) is 29.2 Å². The molecular formula is C16H25NO4S. The zero-order valence-electron chi connectivity index (χ0n) is 13.7. The van der Waals surface area contributed by atoms with Gasteiger partial charge in [-0.1, -0.05) is 19.9 Å². The van der Waals surface area contributed by atoms with Crippen molar-refractivity contribution in [2.45, 2.75) is 31.6 Å². The smallest absolute Gasteiger partial charge is 0.225 e. The van der Waals surface area contributed by atoms with Gasteiger partial charge in [-0.05, 0) is 31.0 Å². The van der Waals surface area contributed by atoms with Crippen molar-refractivity contribution in [2.75, 3.05) is 26.5 Å². The molecule has 6 heteroatoms. The molecule has 5 nitrogen and oxygen atoms in total.